The second-order valence-electron chi connectivity index (χ2n) is 7.02. The quantitative estimate of drug-likeness (QED) is 0.638. The van der Waals surface area contributed by atoms with Gasteiger partial charge in [0.2, 0.25) is 5.91 Å². The average molecular weight is 395 g/mol. The highest BCUT2D eigenvalue weighted by atomic mass is 16.5. The number of carboxylic acid groups (broad SMARTS) is 1. The lowest BCUT2D eigenvalue weighted by molar-refractivity contribution is -0.128. The minimum Gasteiger partial charge on any atom is -0.491 e. The maximum Gasteiger partial charge on any atom is 0.335 e. The number of hydrogen-bond acceptors (Lipinski definition) is 4. The molecule has 2 aromatic rings. The summed E-state index contributed by atoms with van der Waals surface area (Å²) in [6.45, 7) is 0.702. The average Bonchev–Trinajstić information content (AvgIpc) is 3.09. The van der Waals surface area contributed by atoms with Crippen molar-refractivity contribution in [3.63, 3.8) is 0 Å². The number of likely N-dealkylation sites (tertiary alicyclic amines) is 1. The van der Waals surface area contributed by atoms with Crippen LogP contribution >= 0.6 is 0 Å². The van der Waals surface area contributed by atoms with E-state index in [0.717, 1.165) is 12.0 Å². The minimum atomic E-state index is -0.953. The summed E-state index contributed by atoms with van der Waals surface area (Å²) in [7, 11) is 0. The van der Waals surface area contributed by atoms with Gasteiger partial charge in [0, 0.05) is 13.0 Å². The number of aromatic carboxylic acids is 1. The molecule has 1 aliphatic heterocycles. The molecular formula is C23H25NO5. The SMILES string of the molecule is O=C(O)c1ccc(CCN2C(=O)CCC2/C=C\C(O)COc2ccccc2)cc1. The predicted octanol–water partition coefficient (Wildman–Crippen LogP) is 2.91. The van der Waals surface area contributed by atoms with Gasteiger partial charge >= 0.3 is 5.97 Å². The van der Waals surface area contributed by atoms with Gasteiger partial charge in [-0.15, -0.1) is 0 Å². The molecule has 0 saturated carbocycles. The Morgan fingerprint density at radius 1 is 1.17 bits per heavy atom. The van der Waals surface area contributed by atoms with Crippen LogP contribution in [0.15, 0.2) is 66.7 Å². The third kappa shape index (κ3) is 5.93. The van der Waals surface area contributed by atoms with Crippen molar-refractivity contribution in [2.45, 2.75) is 31.4 Å². The van der Waals surface area contributed by atoms with Crippen LogP contribution in [0.25, 0.3) is 0 Å². The molecule has 1 fully saturated rings. The van der Waals surface area contributed by atoms with Crippen LogP contribution < -0.4 is 4.74 Å². The topological polar surface area (TPSA) is 87.1 Å². The lowest BCUT2D eigenvalue weighted by Crippen LogP contribution is -2.34. The Labute approximate surface area is 170 Å². The molecule has 2 N–H and O–H groups in total. The third-order valence-corrected chi connectivity index (χ3v) is 4.94. The molecule has 6 heteroatoms. The van der Waals surface area contributed by atoms with Crippen molar-refractivity contribution in [2.24, 2.45) is 0 Å². The van der Waals surface area contributed by atoms with E-state index in [0.29, 0.717) is 25.1 Å². The summed E-state index contributed by atoms with van der Waals surface area (Å²) in [6, 6.07) is 16.0. The van der Waals surface area contributed by atoms with E-state index in [2.05, 4.69) is 0 Å². The number of amides is 1. The lowest BCUT2D eigenvalue weighted by Gasteiger charge is -2.23. The van der Waals surface area contributed by atoms with Crippen molar-refractivity contribution in [1.82, 2.24) is 4.90 Å². The normalized spacial score (nSPS) is 17.6. The number of ether oxygens (including phenoxy) is 1. The first-order valence-electron chi connectivity index (χ1n) is 9.69. The van der Waals surface area contributed by atoms with Gasteiger partial charge in [-0.25, -0.2) is 4.79 Å². The molecule has 3 rings (SSSR count). The summed E-state index contributed by atoms with van der Waals surface area (Å²) in [6.07, 6.45) is 4.66. The van der Waals surface area contributed by atoms with Crippen LogP contribution in [0.3, 0.4) is 0 Å². The van der Waals surface area contributed by atoms with Gasteiger partial charge in [-0.2, -0.15) is 0 Å². The van der Waals surface area contributed by atoms with E-state index in [1.54, 1.807) is 30.3 Å². The number of carboxylic acids is 1. The fourth-order valence-corrected chi connectivity index (χ4v) is 3.32. The molecule has 1 heterocycles. The van der Waals surface area contributed by atoms with E-state index in [-0.39, 0.29) is 24.1 Å². The molecule has 6 nitrogen and oxygen atoms in total. The zero-order valence-corrected chi connectivity index (χ0v) is 16.1. The summed E-state index contributed by atoms with van der Waals surface area (Å²) in [4.78, 5) is 25.0. The van der Waals surface area contributed by atoms with Crippen LogP contribution in [0.4, 0.5) is 0 Å². The lowest BCUT2D eigenvalue weighted by atomic mass is 10.1. The van der Waals surface area contributed by atoms with Gasteiger partial charge in [-0.3, -0.25) is 4.79 Å². The van der Waals surface area contributed by atoms with Crippen LogP contribution in [0.1, 0.15) is 28.8 Å². The Hall–Kier alpha value is -3.12. The molecule has 0 bridgehead atoms. The number of aliphatic hydroxyl groups is 1. The second kappa shape index (κ2) is 9.89. The van der Waals surface area contributed by atoms with Crippen molar-refractivity contribution >= 4 is 11.9 Å². The highest BCUT2D eigenvalue weighted by Crippen LogP contribution is 2.21. The van der Waals surface area contributed by atoms with E-state index in [9.17, 15) is 14.7 Å². The van der Waals surface area contributed by atoms with Gasteiger partial charge in [-0.05, 0) is 42.7 Å². The van der Waals surface area contributed by atoms with Crippen LogP contribution in [-0.4, -0.2) is 52.3 Å². The van der Waals surface area contributed by atoms with Crippen LogP contribution in [-0.2, 0) is 11.2 Å². The molecule has 0 aromatic heterocycles. The fourth-order valence-electron chi connectivity index (χ4n) is 3.32. The summed E-state index contributed by atoms with van der Waals surface area (Å²) >= 11 is 0. The molecule has 2 unspecified atom stereocenters. The second-order valence-corrected chi connectivity index (χ2v) is 7.02. The van der Waals surface area contributed by atoms with Crippen LogP contribution in [0.5, 0.6) is 5.75 Å². The Balaban J connectivity index is 1.51. The summed E-state index contributed by atoms with van der Waals surface area (Å²) < 4.78 is 5.54. The fraction of sp³-hybridized carbons (Fsp3) is 0.304. The smallest absolute Gasteiger partial charge is 0.335 e. The molecule has 1 aliphatic rings. The first kappa shape index (κ1) is 20.6. The van der Waals surface area contributed by atoms with E-state index in [4.69, 9.17) is 9.84 Å². The predicted molar refractivity (Wildman–Crippen MR) is 109 cm³/mol. The standard InChI is InChI=1S/C23H25NO5/c25-20(16-29-21-4-2-1-3-5-21)12-10-19-11-13-22(26)24(19)15-14-17-6-8-18(9-7-17)23(27)28/h1-10,12,19-20,25H,11,13-16H2,(H,27,28)/b12-10-. The van der Waals surface area contributed by atoms with Crippen LogP contribution in [0, 0.1) is 0 Å². The Morgan fingerprint density at radius 3 is 2.59 bits per heavy atom. The van der Waals surface area contributed by atoms with E-state index in [1.807, 2.05) is 41.3 Å². The van der Waals surface area contributed by atoms with Gasteiger partial charge < -0.3 is 19.8 Å². The number of hydrogen-bond donors (Lipinski definition) is 2. The van der Waals surface area contributed by atoms with Gasteiger partial charge in [0.1, 0.15) is 18.5 Å². The van der Waals surface area contributed by atoms with E-state index in [1.165, 1.54) is 0 Å². The maximum atomic E-state index is 12.2. The Bertz CT molecular complexity index is 847. The molecule has 152 valence electrons. The van der Waals surface area contributed by atoms with Crippen molar-refractivity contribution < 1.29 is 24.5 Å². The number of para-hydroxylation sites is 1. The number of carbonyl (C=O) groups is 2. The summed E-state index contributed by atoms with van der Waals surface area (Å²) in [5, 5.41) is 19.1. The third-order valence-electron chi connectivity index (χ3n) is 4.94. The number of benzene rings is 2. The Morgan fingerprint density at radius 2 is 1.90 bits per heavy atom. The summed E-state index contributed by atoms with van der Waals surface area (Å²) in [5.74, 6) is -0.158. The van der Waals surface area contributed by atoms with Gasteiger partial charge in [0.05, 0.1) is 11.6 Å². The zero-order chi connectivity index (χ0) is 20.6. The van der Waals surface area contributed by atoms with Gasteiger partial charge in [0.15, 0.2) is 0 Å². The first-order valence-corrected chi connectivity index (χ1v) is 9.69. The minimum absolute atomic E-state index is 0.0489. The maximum absolute atomic E-state index is 12.2. The molecule has 0 aliphatic carbocycles. The molecule has 1 amide bonds. The number of rotatable bonds is 9. The molecule has 29 heavy (non-hydrogen) atoms. The molecule has 0 spiro atoms. The molecule has 2 atom stereocenters. The largest absolute Gasteiger partial charge is 0.491 e. The molecular weight excluding hydrogens is 370 g/mol. The van der Waals surface area contributed by atoms with E-state index >= 15 is 0 Å². The number of nitrogens with zero attached hydrogens (tertiary/aromatic N) is 1. The highest BCUT2D eigenvalue weighted by molar-refractivity contribution is 5.87. The van der Waals surface area contributed by atoms with Crippen molar-refractivity contribution in [3.8, 4) is 5.75 Å². The summed E-state index contributed by atoms with van der Waals surface area (Å²) in [5.41, 5.74) is 1.23. The Kier molecular flexibility index (Phi) is 7.03. The molecule has 1 saturated heterocycles. The molecule has 2 aromatic carbocycles. The number of carbonyl (C=O) groups excluding carboxylic acids is 1. The van der Waals surface area contributed by atoms with Crippen molar-refractivity contribution in [3.05, 3.63) is 77.9 Å². The van der Waals surface area contributed by atoms with Crippen molar-refractivity contribution in [2.75, 3.05) is 13.2 Å². The zero-order valence-electron chi connectivity index (χ0n) is 16.1. The highest BCUT2D eigenvalue weighted by Gasteiger charge is 2.28. The monoisotopic (exact) mass is 395 g/mol. The van der Waals surface area contributed by atoms with Crippen molar-refractivity contribution in [1.29, 1.82) is 0 Å². The number of aliphatic hydroxyl groups excluding tert-OH is 1. The molecule has 0 radical (unpaired) electrons. The first-order chi connectivity index (χ1) is 14.0. The van der Waals surface area contributed by atoms with Gasteiger partial charge in [0.25, 0.3) is 0 Å². The van der Waals surface area contributed by atoms with Gasteiger partial charge in [-0.1, -0.05) is 42.5 Å². The van der Waals surface area contributed by atoms with E-state index < -0.39 is 12.1 Å². The van der Waals surface area contributed by atoms with Crippen LogP contribution in [0.2, 0.25) is 0 Å².